The molecule has 1 fully saturated rings. The van der Waals surface area contributed by atoms with Crippen molar-refractivity contribution < 1.29 is 20.1 Å². The van der Waals surface area contributed by atoms with Crippen LogP contribution in [0, 0.1) is 0 Å². The van der Waals surface area contributed by atoms with Crippen molar-refractivity contribution in [3.05, 3.63) is 23.7 Å². The van der Waals surface area contributed by atoms with Crippen LogP contribution in [0.4, 0.5) is 0 Å². The van der Waals surface area contributed by atoms with Crippen LogP contribution in [0.1, 0.15) is 13.2 Å². The SMILES string of the molecule is CC1(O)C(CO)OC(n2ccc3c(Cl)ncnc32)C1O. The number of fused-ring (bicyclic) bond motifs is 1. The summed E-state index contributed by atoms with van der Waals surface area (Å²) < 4.78 is 7.11. The van der Waals surface area contributed by atoms with Crippen LogP contribution in [0.5, 0.6) is 0 Å². The van der Waals surface area contributed by atoms with Crippen LogP contribution in [0.15, 0.2) is 18.6 Å². The summed E-state index contributed by atoms with van der Waals surface area (Å²) in [5, 5.41) is 30.6. The summed E-state index contributed by atoms with van der Waals surface area (Å²) in [7, 11) is 0. The number of hydrogen-bond donors (Lipinski definition) is 3. The Morgan fingerprint density at radius 1 is 1.50 bits per heavy atom. The predicted molar refractivity (Wildman–Crippen MR) is 70.2 cm³/mol. The van der Waals surface area contributed by atoms with Crippen molar-refractivity contribution in [2.24, 2.45) is 0 Å². The molecule has 0 aliphatic carbocycles. The van der Waals surface area contributed by atoms with E-state index < -0.39 is 30.6 Å². The predicted octanol–water partition coefficient (Wildman–Crippen LogP) is 0.0863. The van der Waals surface area contributed by atoms with E-state index in [9.17, 15) is 15.3 Å². The van der Waals surface area contributed by atoms with E-state index in [4.69, 9.17) is 16.3 Å². The molecule has 3 N–H and O–H groups in total. The molecule has 8 heteroatoms. The summed E-state index contributed by atoms with van der Waals surface area (Å²) in [6.45, 7) is 1.03. The van der Waals surface area contributed by atoms with Gasteiger partial charge in [0.1, 0.15) is 34.9 Å². The fourth-order valence-corrected chi connectivity index (χ4v) is 2.64. The number of aliphatic hydroxyl groups is 3. The van der Waals surface area contributed by atoms with Gasteiger partial charge in [0.2, 0.25) is 0 Å². The van der Waals surface area contributed by atoms with Crippen molar-refractivity contribution in [1.82, 2.24) is 14.5 Å². The summed E-state index contributed by atoms with van der Waals surface area (Å²) in [4.78, 5) is 7.99. The second-order valence-corrected chi connectivity index (χ2v) is 5.35. The van der Waals surface area contributed by atoms with Gasteiger partial charge in [-0.2, -0.15) is 0 Å². The van der Waals surface area contributed by atoms with Gasteiger partial charge in [-0.3, -0.25) is 0 Å². The highest BCUT2D eigenvalue weighted by Gasteiger charge is 2.52. The zero-order chi connectivity index (χ0) is 14.5. The molecule has 0 spiro atoms. The van der Waals surface area contributed by atoms with Gasteiger partial charge in [0, 0.05) is 6.20 Å². The molecular formula is C12H14ClN3O4. The minimum absolute atomic E-state index is 0.298. The van der Waals surface area contributed by atoms with E-state index in [1.165, 1.54) is 13.3 Å². The van der Waals surface area contributed by atoms with Crippen LogP contribution in [0.3, 0.4) is 0 Å². The summed E-state index contributed by atoms with van der Waals surface area (Å²) in [6, 6.07) is 1.70. The fraction of sp³-hybridized carbons (Fsp3) is 0.500. The summed E-state index contributed by atoms with van der Waals surface area (Å²) >= 11 is 5.97. The molecule has 2 aromatic rings. The molecule has 1 saturated heterocycles. The maximum Gasteiger partial charge on any atom is 0.164 e. The molecule has 0 aromatic carbocycles. The number of halogens is 1. The Balaban J connectivity index is 2.06. The number of nitrogens with zero attached hydrogens (tertiary/aromatic N) is 3. The maximum absolute atomic E-state index is 10.2. The van der Waals surface area contributed by atoms with Gasteiger partial charge in [0.15, 0.2) is 6.23 Å². The Morgan fingerprint density at radius 2 is 2.25 bits per heavy atom. The van der Waals surface area contributed by atoms with Crippen molar-refractivity contribution in [2.75, 3.05) is 6.61 Å². The first-order valence-electron chi connectivity index (χ1n) is 6.10. The molecule has 2 aromatic heterocycles. The zero-order valence-corrected chi connectivity index (χ0v) is 11.4. The van der Waals surface area contributed by atoms with E-state index in [0.717, 1.165) is 0 Å². The first kappa shape index (κ1) is 13.7. The molecule has 1 aliphatic rings. The molecule has 4 atom stereocenters. The molecule has 20 heavy (non-hydrogen) atoms. The molecule has 0 radical (unpaired) electrons. The molecular weight excluding hydrogens is 286 g/mol. The summed E-state index contributed by atoms with van der Waals surface area (Å²) in [5.41, 5.74) is -1.06. The lowest BCUT2D eigenvalue weighted by atomic mass is 9.95. The second kappa shape index (κ2) is 4.64. The van der Waals surface area contributed by atoms with E-state index in [2.05, 4.69) is 9.97 Å². The first-order valence-corrected chi connectivity index (χ1v) is 6.48. The first-order chi connectivity index (χ1) is 9.46. The van der Waals surface area contributed by atoms with Crippen molar-refractivity contribution >= 4 is 22.6 Å². The number of hydrogen-bond acceptors (Lipinski definition) is 6. The van der Waals surface area contributed by atoms with Crippen molar-refractivity contribution in [3.8, 4) is 0 Å². The Kier molecular flexibility index (Phi) is 3.19. The average molecular weight is 300 g/mol. The normalized spacial score (nSPS) is 34.0. The standard InChI is InChI=1S/C12H14ClN3O4/c1-12(19)7(4-17)20-11(8(12)18)16-3-2-6-9(13)14-5-15-10(6)16/h2-3,5,7-8,11,17-19H,4H2,1H3. The third-order valence-electron chi connectivity index (χ3n) is 3.73. The minimum Gasteiger partial charge on any atom is -0.394 e. The van der Waals surface area contributed by atoms with Crippen LogP contribution >= 0.6 is 11.6 Å². The van der Waals surface area contributed by atoms with Crippen LogP contribution in [-0.4, -0.2) is 54.3 Å². The molecule has 0 saturated carbocycles. The average Bonchev–Trinajstić information content (AvgIpc) is 2.92. The van der Waals surface area contributed by atoms with Gasteiger partial charge < -0.3 is 24.6 Å². The van der Waals surface area contributed by atoms with E-state index >= 15 is 0 Å². The monoisotopic (exact) mass is 299 g/mol. The van der Waals surface area contributed by atoms with Crippen LogP contribution < -0.4 is 0 Å². The summed E-state index contributed by atoms with van der Waals surface area (Å²) in [6.07, 6.45) is 0.0194. The van der Waals surface area contributed by atoms with Gasteiger partial charge >= 0.3 is 0 Å². The highest BCUT2D eigenvalue weighted by atomic mass is 35.5. The lowest BCUT2D eigenvalue weighted by Gasteiger charge is -2.25. The third kappa shape index (κ3) is 1.82. The summed E-state index contributed by atoms with van der Waals surface area (Å²) in [5.74, 6) is 0. The van der Waals surface area contributed by atoms with Crippen molar-refractivity contribution in [3.63, 3.8) is 0 Å². The van der Waals surface area contributed by atoms with Crippen molar-refractivity contribution in [1.29, 1.82) is 0 Å². The molecule has 7 nitrogen and oxygen atoms in total. The molecule has 108 valence electrons. The van der Waals surface area contributed by atoms with Crippen LogP contribution in [0.2, 0.25) is 5.15 Å². The molecule has 1 aliphatic heterocycles. The van der Waals surface area contributed by atoms with E-state index in [1.54, 1.807) is 16.8 Å². The Bertz CT molecular complexity index is 645. The number of aromatic nitrogens is 3. The largest absolute Gasteiger partial charge is 0.394 e. The highest BCUT2D eigenvalue weighted by molar-refractivity contribution is 6.33. The number of aliphatic hydroxyl groups excluding tert-OH is 2. The van der Waals surface area contributed by atoms with E-state index in [-0.39, 0.29) is 0 Å². The third-order valence-corrected chi connectivity index (χ3v) is 4.03. The Morgan fingerprint density at radius 3 is 2.90 bits per heavy atom. The number of ether oxygens (including phenoxy) is 1. The van der Waals surface area contributed by atoms with Gasteiger partial charge in [0.05, 0.1) is 12.0 Å². The number of rotatable bonds is 2. The lowest BCUT2D eigenvalue weighted by molar-refractivity contribution is -0.0804. The van der Waals surface area contributed by atoms with Gasteiger partial charge in [-0.1, -0.05) is 11.6 Å². The quantitative estimate of drug-likeness (QED) is 0.679. The molecule has 0 bridgehead atoms. The maximum atomic E-state index is 10.2. The van der Waals surface area contributed by atoms with Crippen molar-refractivity contribution in [2.45, 2.75) is 31.0 Å². The zero-order valence-electron chi connectivity index (χ0n) is 10.6. The highest BCUT2D eigenvalue weighted by Crippen LogP contribution is 2.38. The topological polar surface area (TPSA) is 101 Å². The molecule has 4 unspecified atom stereocenters. The Labute approximate surface area is 119 Å². The van der Waals surface area contributed by atoms with Gasteiger partial charge in [-0.25, -0.2) is 9.97 Å². The van der Waals surface area contributed by atoms with E-state index in [0.29, 0.717) is 16.2 Å². The van der Waals surface area contributed by atoms with Gasteiger partial charge in [-0.05, 0) is 13.0 Å². The molecule has 3 rings (SSSR count). The molecule has 0 amide bonds. The lowest BCUT2D eigenvalue weighted by Crippen LogP contribution is -2.46. The van der Waals surface area contributed by atoms with Gasteiger partial charge in [-0.15, -0.1) is 0 Å². The van der Waals surface area contributed by atoms with Crippen LogP contribution in [-0.2, 0) is 4.74 Å². The Hall–Kier alpha value is -1.25. The van der Waals surface area contributed by atoms with Gasteiger partial charge in [0.25, 0.3) is 0 Å². The minimum atomic E-state index is -1.55. The fourth-order valence-electron chi connectivity index (χ4n) is 2.45. The second-order valence-electron chi connectivity index (χ2n) is 4.99. The molecule has 3 heterocycles. The van der Waals surface area contributed by atoms with E-state index in [1.807, 2.05) is 0 Å². The van der Waals surface area contributed by atoms with Crippen LogP contribution in [0.25, 0.3) is 11.0 Å². The smallest absolute Gasteiger partial charge is 0.164 e.